The molecule has 3 rings (SSSR count). The van der Waals surface area contributed by atoms with Crippen LogP contribution in [0.3, 0.4) is 0 Å². The Bertz CT molecular complexity index is 801. The van der Waals surface area contributed by atoms with Gasteiger partial charge in [-0.15, -0.1) is 0 Å². The summed E-state index contributed by atoms with van der Waals surface area (Å²) >= 11 is 0. The Labute approximate surface area is 152 Å². The first kappa shape index (κ1) is 17.9. The maximum Gasteiger partial charge on any atom is 0.248 e. The van der Waals surface area contributed by atoms with Crippen molar-refractivity contribution in [1.29, 1.82) is 0 Å². The number of hydrogen-bond donors (Lipinski definition) is 1. The number of benzene rings is 2. The molecule has 2 aromatic rings. The fraction of sp³-hybridized carbons (Fsp3) is 0.250. The van der Waals surface area contributed by atoms with Crippen LogP contribution in [0.15, 0.2) is 48.5 Å². The number of anilines is 2. The number of para-hydroxylation sites is 2. The van der Waals surface area contributed by atoms with E-state index in [1.807, 2.05) is 24.3 Å². The smallest absolute Gasteiger partial charge is 0.248 e. The van der Waals surface area contributed by atoms with E-state index in [9.17, 15) is 9.18 Å². The van der Waals surface area contributed by atoms with Gasteiger partial charge in [0, 0.05) is 19.2 Å². The standard InChI is InChI=1S/C20H21FN2O3/c1-25-19-8-6-15(14-16(19)21)7-9-20(24)22-17-4-2-3-5-18(17)23-10-12-26-13-11-23/h2-9,14H,10-13H2,1H3,(H,22,24)/b9-7-. The van der Waals surface area contributed by atoms with Crippen molar-refractivity contribution in [3.8, 4) is 5.75 Å². The molecule has 2 aromatic carbocycles. The van der Waals surface area contributed by atoms with Gasteiger partial charge in [-0.3, -0.25) is 4.79 Å². The van der Waals surface area contributed by atoms with Crippen LogP contribution < -0.4 is 15.0 Å². The van der Waals surface area contributed by atoms with E-state index in [1.165, 1.54) is 25.3 Å². The van der Waals surface area contributed by atoms with Crippen LogP contribution in [0.1, 0.15) is 5.56 Å². The lowest BCUT2D eigenvalue weighted by molar-refractivity contribution is -0.111. The molecule has 136 valence electrons. The van der Waals surface area contributed by atoms with Gasteiger partial charge in [-0.05, 0) is 35.9 Å². The van der Waals surface area contributed by atoms with Crippen LogP contribution >= 0.6 is 0 Å². The van der Waals surface area contributed by atoms with Crippen molar-refractivity contribution in [2.75, 3.05) is 43.6 Å². The van der Waals surface area contributed by atoms with Crippen molar-refractivity contribution in [3.05, 3.63) is 59.9 Å². The molecule has 1 heterocycles. The molecule has 1 amide bonds. The molecule has 0 aliphatic carbocycles. The van der Waals surface area contributed by atoms with Crippen molar-refractivity contribution >= 4 is 23.4 Å². The Morgan fingerprint density at radius 1 is 1.23 bits per heavy atom. The third kappa shape index (κ3) is 4.40. The Kier molecular flexibility index (Phi) is 5.86. The Hall–Kier alpha value is -2.86. The number of rotatable bonds is 5. The highest BCUT2D eigenvalue weighted by atomic mass is 19.1. The normalized spacial score (nSPS) is 14.5. The predicted molar refractivity (Wildman–Crippen MR) is 100 cm³/mol. The Balaban J connectivity index is 1.69. The zero-order chi connectivity index (χ0) is 18.4. The minimum absolute atomic E-state index is 0.172. The zero-order valence-corrected chi connectivity index (χ0v) is 14.6. The van der Waals surface area contributed by atoms with E-state index in [0.717, 1.165) is 24.5 Å². The summed E-state index contributed by atoms with van der Waals surface area (Å²) in [5.74, 6) is -0.569. The third-order valence-electron chi connectivity index (χ3n) is 4.12. The predicted octanol–water partition coefficient (Wildman–Crippen LogP) is 3.32. The molecule has 6 heteroatoms. The van der Waals surface area contributed by atoms with E-state index >= 15 is 0 Å². The van der Waals surface area contributed by atoms with Gasteiger partial charge in [0.25, 0.3) is 0 Å². The summed E-state index contributed by atoms with van der Waals surface area (Å²) < 4.78 is 24.0. The van der Waals surface area contributed by atoms with Crippen LogP contribution in [0.25, 0.3) is 6.08 Å². The van der Waals surface area contributed by atoms with Crippen LogP contribution in [0.2, 0.25) is 0 Å². The summed E-state index contributed by atoms with van der Waals surface area (Å²) in [4.78, 5) is 14.5. The van der Waals surface area contributed by atoms with Gasteiger partial charge in [0.05, 0.1) is 31.7 Å². The minimum Gasteiger partial charge on any atom is -0.494 e. The molecule has 1 fully saturated rings. The van der Waals surface area contributed by atoms with Gasteiger partial charge in [-0.2, -0.15) is 0 Å². The Morgan fingerprint density at radius 3 is 2.73 bits per heavy atom. The lowest BCUT2D eigenvalue weighted by Gasteiger charge is -2.30. The molecule has 0 spiro atoms. The number of hydrogen-bond acceptors (Lipinski definition) is 4. The number of morpholine rings is 1. The monoisotopic (exact) mass is 356 g/mol. The number of carbonyl (C=O) groups excluding carboxylic acids is 1. The van der Waals surface area contributed by atoms with Gasteiger partial charge < -0.3 is 19.7 Å². The molecule has 5 nitrogen and oxygen atoms in total. The summed E-state index contributed by atoms with van der Waals surface area (Å²) in [6, 6.07) is 12.2. The van der Waals surface area contributed by atoms with E-state index in [0.29, 0.717) is 18.8 Å². The van der Waals surface area contributed by atoms with Crippen molar-refractivity contribution in [2.24, 2.45) is 0 Å². The highest BCUT2D eigenvalue weighted by molar-refractivity contribution is 6.03. The summed E-state index contributed by atoms with van der Waals surface area (Å²) in [6.45, 7) is 2.91. The van der Waals surface area contributed by atoms with Gasteiger partial charge in [0.1, 0.15) is 0 Å². The van der Waals surface area contributed by atoms with Crippen LogP contribution in [0, 0.1) is 5.82 Å². The summed E-state index contributed by atoms with van der Waals surface area (Å²) in [6.07, 6.45) is 2.95. The maximum atomic E-state index is 13.7. The van der Waals surface area contributed by atoms with Gasteiger partial charge in [0.15, 0.2) is 11.6 Å². The second kappa shape index (κ2) is 8.49. The number of halogens is 1. The summed E-state index contributed by atoms with van der Waals surface area (Å²) in [5.41, 5.74) is 2.29. The zero-order valence-electron chi connectivity index (χ0n) is 14.6. The number of carbonyl (C=O) groups is 1. The molecular weight excluding hydrogens is 335 g/mol. The second-order valence-corrected chi connectivity index (χ2v) is 5.83. The lowest BCUT2D eigenvalue weighted by atomic mass is 10.2. The average Bonchev–Trinajstić information content (AvgIpc) is 2.67. The summed E-state index contributed by atoms with van der Waals surface area (Å²) in [7, 11) is 1.41. The molecule has 1 aliphatic heterocycles. The first-order valence-electron chi connectivity index (χ1n) is 8.41. The molecule has 0 radical (unpaired) electrons. The van der Waals surface area contributed by atoms with E-state index in [-0.39, 0.29) is 11.7 Å². The van der Waals surface area contributed by atoms with Gasteiger partial charge in [0.2, 0.25) is 5.91 Å². The topological polar surface area (TPSA) is 50.8 Å². The first-order valence-corrected chi connectivity index (χ1v) is 8.41. The molecule has 0 bridgehead atoms. The average molecular weight is 356 g/mol. The Morgan fingerprint density at radius 2 is 2.00 bits per heavy atom. The maximum absolute atomic E-state index is 13.7. The molecule has 0 saturated carbocycles. The van der Waals surface area contributed by atoms with E-state index < -0.39 is 5.82 Å². The molecule has 0 aromatic heterocycles. The molecular formula is C20H21FN2O3. The molecule has 1 aliphatic rings. The second-order valence-electron chi connectivity index (χ2n) is 5.83. The largest absolute Gasteiger partial charge is 0.494 e. The molecule has 26 heavy (non-hydrogen) atoms. The van der Waals surface area contributed by atoms with E-state index in [4.69, 9.17) is 9.47 Å². The third-order valence-corrected chi connectivity index (χ3v) is 4.12. The van der Waals surface area contributed by atoms with Crippen molar-refractivity contribution < 1.29 is 18.7 Å². The molecule has 0 atom stereocenters. The van der Waals surface area contributed by atoms with Gasteiger partial charge in [-0.25, -0.2) is 4.39 Å². The fourth-order valence-electron chi connectivity index (χ4n) is 2.79. The van der Waals surface area contributed by atoms with E-state index in [2.05, 4.69) is 10.2 Å². The highest BCUT2D eigenvalue weighted by Crippen LogP contribution is 2.26. The van der Waals surface area contributed by atoms with Crippen molar-refractivity contribution in [2.45, 2.75) is 0 Å². The van der Waals surface area contributed by atoms with Crippen LogP contribution in [0.4, 0.5) is 15.8 Å². The number of nitrogens with zero attached hydrogens (tertiary/aromatic N) is 1. The molecule has 0 unspecified atom stereocenters. The van der Waals surface area contributed by atoms with Crippen LogP contribution in [-0.2, 0) is 9.53 Å². The van der Waals surface area contributed by atoms with Crippen molar-refractivity contribution in [3.63, 3.8) is 0 Å². The number of ether oxygens (including phenoxy) is 2. The van der Waals surface area contributed by atoms with Crippen LogP contribution in [-0.4, -0.2) is 39.3 Å². The fourth-order valence-corrected chi connectivity index (χ4v) is 2.79. The molecule has 1 saturated heterocycles. The van der Waals surface area contributed by atoms with Crippen LogP contribution in [0.5, 0.6) is 5.75 Å². The molecule has 1 N–H and O–H groups in total. The summed E-state index contributed by atoms with van der Waals surface area (Å²) in [5, 5.41) is 2.89. The minimum atomic E-state index is -0.465. The SMILES string of the molecule is COc1ccc(/C=C\C(=O)Nc2ccccc2N2CCOCC2)cc1F. The lowest BCUT2D eigenvalue weighted by Crippen LogP contribution is -2.36. The van der Waals surface area contributed by atoms with Crippen molar-refractivity contribution in [1.82, 2.24) is 0 Å². The van der Waals surface area contributed by atoms with Gasteiger partial charge in [-0.1, -0.05) is 18.2 Å². The van der Waals surface area contributed by atoms with Gasteiger partial charge >= 0.3 is 0 Å². The highest BCUT2D eigenvalue weighted by Gasteiger charge is 2.15. The first-order chi connectivity index (χ1) is 12.7. The number of methoxy groups -OCH3 is 1. The number of amides is 1. The van der Waals surface area contributed by atoms with E-state index in [1.54, 1.807) is 12.1 Å². The quantitative estimate of drug-likeness (QED) is 0.835. The number of nitrogens with one attached hydrogen (secondary N) is 1.